The molecule has 0 bridgehead atoms. The number of anilines is 1. The Morgan fingerprint density at radius 1 is 1.00 bits per heavy atom. The standard InChI is InChI=1S/C22H27N3O2S/c1-4-24(5-2)15-16-25(22-23-19-9-7-8-10-20(19)28-22)21(26)17-11-13-18(14-12-17)27-6-3/h7-14H,4-6,15-16H2,1-3H3. The second-order valence-corrected chi connectivity index (χ2v) is 7.41. The zero-order valence-electron chi connectivity index (χ0n) is 16.7. The van der Waals surface area contributed by atoms with E-state index in [-0.39, 0.29) is 5.91 Å². The quantitative estimate of drug-likeness (QED) is 0.526. The van der Waals surface area contributed by atoms with E-state index in [1.54, 1.807) is 16.2 Å². The summed E-state index contributed by atoms with van der Waals surface area (Å²) >= 11 is 1.56. The van der Waals surface area contributed by atoms with Crippen LogP contribution in [0.25, 0.3) is 10.2 Å². The lowest BCUT2D eigenvalue weighted by Gasteiger charge is -2.24. The summed E-state index contributed by atoms with van der Waals surface area (Å²) < 4.78 is 6.58. The van der Waals surface area contributed by atoms with Crippen LogP contribution in [0.3, 0.4) is 0 Å². The van der Waals surface area contributed by atoms with E-state index in [0.29, 0.717) is 18.7 Å². The van der Waals surface area contributed by atoms with Crippen molar-refractivity contribution >= 4 is 32.6 Å². The number of nitrogens with zero attached hydrogens (tertiary/aromatic N) is 3. The molecule has 0 fully saturated rings. The maximum atomic E-state index is 13.3. The molecule has 0 N–H and O–H groups in total. The van der Waals surface area contributed by atoms with Crippen molar-refractivity contribution in [2.24, 2.45) is 0 Å². The van der Waals surface area contributed by atoms with E-state index in [0.717, 1.165) is 40.7 Å². The van der Waals surface area contributed by atoms with Crippen LogP contribution in [0.1, 0.15) is 31.1 Å². The zero-order chi connectivity index (χ0) is 19.9. The van der Waals surface area contributed by atoms with Gasteiger partial charge in [-0.15, -0.1) is 0 Å². The summed E-state index contributed by atoms with van der Waals surface area (Å²) in [7, 11) is 0. The molecular weight excluding hydrogens is 370 g/mol. The largest absolute Gasteiger partial charge is 0.494 e. The lowest BCUT2D eigenvalue weighted by molar-refractivity contribution is 0.0983. The van der Waals surface area contributed by atoms with E-state index in [1.165, 1.54) is 0 Å². The maximum Gasteiger partial charge on any atom is 0.260 e. The summed E-state index contributed by atoms with van der Waals surface area (Å²) in [5.74, 6) is 0.739. The minimum absolute atomic E-state index is 0.0331. The molecule has 0 aliphatic carbocycles. The minimum Gasteiger partial charge on any atom is -0.494 e. The van der Waals surface area contributed by atoms with Gasteiger partial charge in [0.15, 0.2) is 5.13 Å². The summed E-state index contributed by atoms with van der Waals surface area (Å²) in [6.45, 7) is 10.2. The Bertz CT molecular complexity index is 871. The SMILES string of the molecule is CCOc1ccc(C(=O)N(CCN(CC)CC)c2nc3ccccc3s2)cc1. The Morgan fingerprint density at radius 2 is 1.71 bits per heavy atom. The van der Waals surface area contributed by atoms with Gasteiger partial charge in [-0.1, -0.05) is 37.3 Å². The van der Waals surface area contributed by atoms with Crippen LogP contribution >= 0.6 is 11.3 Å². The fraction of sp³-hybridized carbons (Fsp3) is 0.364. The molecule has 0 atom stereocenters. The number of ether oxygens (including phenoxy) is 1. The summed E-state index contributed by atoms with van der Waals surface area (Å²) in [6.07, 6.45) is 0. The summed E-state index contributed by atoms with van der Waals surface area (Å²) in [6, 6.07) is 15.3. The predicted octanol–water partition coefficient (Wildman–Crippen LogP) is 4.68. The molecule has 1 heterocycles. The van der Waals surface area contributed by atoms with Crippen molar-refractivity contribution in [3.05, 3.63) is 54.1 Å². The van der Waals surface area contributed by atoms with Gasteiger partial charge in [-0.2, -0.15) is 0 Å². The first kappa shape index (κ1) is 20.3. The lowest BCUT2D eigenvalue weighted by Crippen LogP contribution is -2.38. The van der Waals surface area contributed by atoms with Gasteiger partial charge in [-0.05, 0) is 56.4 Å². The molecule has 0 aliphatic rings. The van der Waals surface area contributed by atoms with Crippen molar-refractivity contribution in [3.63, 3.8) is 0 Å². The highest BCUT2D eigenvalue weighted by Crippen LogP contribution is 2.29. The molecule has 0 aliphatic heterocycles. The Balaban J connectivity index is 1.89. The van der Waals surface area contributed by atoms with Gasteiger partial charge in [0.05, 0.1) is 16.8 Å². The number of aromatic nitrogens is 1. The summed E-state index contributed by atoms with van der Waals surface area (Å²) in [4.78, 5) is 22.1. The van der Waals surface area contributed by atoms with Crippen LogP contribution in [-0.4, -0.2) is 48.6 Å². The smallest absolute Gasteiger partial charge is 0.260 e. The summed E-state index contributed by atoms with van der Waals surface area (Å²) in [5.41, 5.74) is 1.57. The Labute approximate surface area is 170 Å². The number of fused-ring (bicyclic) bond motifs is 1. The maximum absolute atomic E-state index is 13.3. The van der Waals surface area contributed by atoms with Crippen LogP contribution < -0.4 is 9.64 Å². The van der Waals surface area contributed by atoms with Crippen molar-refractivity contribution in [2.75, 3.05) is 37.7 Å². The minimum atomic E-state index is -0.0331. The van der Waals surface area contributed by atoms with Crippen molar-refractivity contribution in [3.8, 4) is 5.75 Å². The molecule has 2 aromatic carbocycles. The molecule has 1 aromatic heterocycles. The topological polar surface area (TPSA) is 45.7 Å². The van der Waals surface area contributed by atoms with Crippen molar-refractivity contribution < 1.29 is 9.53 Å². The number of hydrogen-bond acceptors (Lipinski definition) is 5. The van der Waals surface area contributed by atoms with Crippen molar-refractivity contribution in [2.45, 2.75) is 20.8 Å². The number of rotatable bonds is 9. The van der Waals surface area contributed by atoms with Crippen LogP contribution in [0.5, 0.6) is 5.75 Å². The molecule has 28 heavy (non-hydrogen) atoms. The first-order chi connectivity index (χ1) is 13.7. The van der Waals surface area contributed by atoms with Crippen LogP contribution in [0.4, 0.5) is 5.13 Å². The second kappa shape index (κ2) is 9.66. The fourth-order valence-corrected chi connectivity index (χ4v) is 4.05. The van der Waals surface area contributed by atoms with Gasteiger partial charge < -0.3 is 9.64 Å². The predicted molar refractivity (Wildman–Crippen MR) is 117 cm³/mol. The first-order valence-electron chi connectivity index (χ1n) is 9.78. The summed E-state index contributed by atoms with van der Waals surface area (Å²) in [5, 5.41) is 0.743. The highest BCUT2D eigenvalue weighted by molar-refractivity contribution is 7.22. The molecule has 3 rings (SSSR count). The number of amides is 1. The van der Waals surface area contributed by atoms with Gasteiger partial charge in [0, 0.05) is 18.7 Å². The number of carbonyl (C=O) groups is 1. The van der Waals surface area contributed by atoms with E-state index < -0.39 is 0 Å². The van der Waals surface area contributed by atoms with Crippen LogP contribution in [0.2, 0.25) is 0 Å². The highest BCUT2D eigenvalue weighted by Gasteiger charge is 2.22. The lowest BCUT2D eigenvalue weighted by atomic mass is 10.2. The number of likely N-dealkylation sites (N-methyl/N-ethyl adjacent to an activating group) is 1. The molecule has 1 amide bonds. The van der Waals surface area contributed by atoms with E-state index in [9.17, 15) is 4.79 Å². The van der Waals surface area contributed by atoms with Gasteiger partial charge in [-0.25, -0.2) is 4.98 Å². The highest BCUT2D eigenvalue weighted by atomic mass is 32.1. The molecule has 0 saturated heterocycles. The number of carbonyl (C=O) groups excluding carboxylic acids is 1. The third-order valence-electron chi connectivity index (χ3n) is 4.71. The van der Waals surface area contributed by atoms with Gasteiger partial charge in [0.25, 0.3) is 5.91 Å². The van der Waals surface area contributed by atoms with Crippen LogP contribution in [-0.2, 0) is 0 Å². The van der Waals surface area contributed by atoms with E-state index in [1.807, 2.05) is 55.5 Å². The molecule has 6 heteroatoms. The van der Waals surface area contributed by atoms with Gasteiger partial charge >= 0.3 is 0 Å². The first-order valence-corrected chi connectivity index (χ1v) is 10.6. The Morgan fingerprint density at radius 3 is 2.36 bits per heavy atom. The number of thiazole rings is 1. The van der Waals surface area contributed by atoms with E-state index >= 15 is 0 Å². The van der Waals surface area contributed by atoms with Crippen LogP contribution in [0, 0.1) is 0 Å². The fourth-order valence-electron chi connectivity index (χ4n) is 3.06. The monoisotopic (exact) mass is 397 g/mol. The molecule has 0 saturated carbocycles. The normalized spacial score (nSPS) is 11.1. The number of hydrogen-bond donors (Lipinski definition) is 0. The van der Waals surface area contributed by atoms with E-state index in [2.05, 4.69) is 18.7 Å². The molecule has 5 nitrogen and oxygen atoms in total. The van der Waals surface area contributed by atoms with Gasteiger partial charge in [0.1, 0.15) is 5.75 Å². The molecule has 0 radical (unpaired) electrons. The Kier molecular flexibility index (Phi) is 7.01. The third-order valence-corrected chi connectivity index (χ3v) is 5.76. The van der Waals surface area contributed by atoms with Crippen LogP contribution in [0.15, 0.2) is 48.5 Å². The molecule has 148 valence electrons. The number of benzene rings is 2. The molecule has 0 spiro atoms. The molecule has 3 aromatic rings. The zero-order valence-corrected chi connectivity index (χ0v) is 17.5. The van der Waals surface area contributed by atoms with E-state index in [4.69, 9.17) is 9.72 Å². The average molecular weight is 398 g/mol. The molecular formula is C22H27N3O2S. The van der Waals surface area contributed by atoms with Crippen molar-refractivity contribution in [1.82, 2.24) is 9.88 Å². The molecule has 0 unspecified atom stereocenters. The third kappa shape index (κ3) is 4.69. The number of para-hydroxylation sites is 1. The second-order valence-electron chi connectivity index (χ2n) is 6.41. The van der Waals surface area contributed by atoms with Gasteiger partial charge in [-0.3, -0.25) is 9.69 Å². The Hall–Kier alpha value is -2.44. The average Bonchev–Trinajstić information content (AvgIpc) is 3.15. The van der Waals surface area contributed by atoms with Gasteiger partial charge in [0.2, 0.25) is 0 Å². The van der Waals surface area contributed by atoms with Crippen molar-refractivity contribution in [1.29, 1.82) is 0 Å².